The summed E-state index contributed by atoms with van der Waals surface area (Å²) in [6.45, 7) is 4.06. The molecule has 0 unspecified atom stereocenters. The number of nitrogens with one attached hydrogen (secondary N) is 2. The minimum atomic E-state index is -0.152. The number of nitrogens with zero attached hydrogens (tertiary/aromatic N) is 1. The molecule has 1 amide bonds. The summed E-state index contributed by atoms with van der Waals surface area (Å²) in [5.41, 5.74) is 0. The number of methoxy groups -OCH3 is 1. The van der Waals surface area contributed by atoms with Crippen molar-refractivity contribution in [2.75, 3.05) is 25.5 Å². The number of amides is 1. The zero-order chi connectivity index (χ0) is 15.5. The zero-order valence-corrected chi connectivity index (χ0v) is 14.3. The molecule has 118 valence electrons. The first kappa shape index (κ1) is 15.5. The lowest BCUT2D eigenvalue weighted by Crippen LogP contribution is -2.26. The van der Waals surface area contributed by atoms with Crippen LogP contribution in [-0.4, -0.2) is 31.1 Å². The Morgan fingerprint density at radius 1 is 1.41 bits per heavy atom. The number of ether oxygens (including phenoxy) is 1. The maximum atomic E-state index is 12.4. The van der Waals surface area contributed by atoms with Crippen LogP contribution in [0.25, 0.3) is 0 Å². The van der Waals surface area contributed by atoms with E-state index in [1.807, 2.05) is 19.2 Å². The SMILES string of the molecule is COc1cc(C)sc1C(=O)Nc1ncc(C2CCNCC2)s1. The molecule has 2 aromatic rings. The number of thiophene rings is 1. The largest absolute Gasteiger partial charge is 0.495 e. The fourth-order valence-corrected chi connectivity index (χ4v) is 4.45. The third-order valence-corrected chi connectivity index (χ3v) is 5.84. The zero-order valence-electron chi connectivity index (χ0n) is 12.6. The number of piperidine rings is 1. The number of rotatable bonds is 4. The van der Waals surface area contributed by atoms with E-state index in [0.717, 1.165) is 30.8 Å². The summed E-state index contributed by atoms with van der Waals surface area (Å²) in [4.78, 5) is 19.6. The number of hydrogen-bond donors (Lipinski definition) is 2. The van der Waals surface area contributed by atoms with Crippen molar-refractivity contribution in [1.29, 1.82) is 0 Å². The minimum absolute atomic E-state index is 0.152. The average Bonchev–Trinajstić information content (AvgIpc) is 3.14. The van der Waals surface area contributed by atoms with Crippen molar-refractivity contribution in [2.24, 2.45) is 0 Å². The molecule has 5 nitrogen and oxygen atoms in total. The molecule has 0 aromatic carbocycles. The van der Waals surface area contributed by atoms with E-state index in [1.165, 1.54) is 16.2 Å². The second-order valence-corrected chi connectivity index (χ2v) is 7.62. The molecule has 0 aliphatic carbocycles. The van der Waals surface area contributed by atoms with Gasteiger partial charge in [0.15, 0.2) is 5.13 Å². The smallest absolute Gasteiger partial charge is 0.271 e. The van der Waals surface area contributed by atoms with Crippen LogP contribution in [0.4, 0.5) is 5.13 Å². The number of carbonyl (C=O) groups excluding carboxylic acids is 1. The van der Waals surface area contributed by atoms with Crippen molar-refractivity contribution in [3.63, 3.8) is 0 Å². The molecule has 1 fully saturated rings. The van der Waals surface area contributed by atoms with Gasteiger partial charge in [0.25, 0.3) is 5.91 Å². The topological polar surface area (TPSA) is 63.2 Å². The van der Waals surface area contributed by atoms with Gasteiger partial charge in [-0.2, -0.15) is 0 Å². The van der Waals surface area contributed by atoms with Crippen LogP contribution < -0.4 is 15.4 Å². The van der Waals surface area contributed by atoms with Crippen molar-refractivity contribution < 1.29 is 9.53 Å². The lowest BCUT2D eigenvalue weighted by molar-refractivity contribution is 0.102. The molecule has 0 radical (unpaired) electrons. The number of anilines is 1. The lowest BCUT2D eigenvalue weighted by Gasteiger charge is -2.20. The van der Waals surface area contributed by atoms with Gasteiger partial charge in [-0.25, -0.2) is 4.98 Å². The number of hydrogen-bond acceptors (Lipinski definition) is 6. The molecule has 2 aromatic heterocycles. The van der Waals surface area contributed by atoms with E-state index in [2.05, 4.69) is 15.6 Å². The molecule has 1 aliphatic rings. The highest BCUT2D eigenvalue weighted by molar-refractivity contribution is 7.16. The van der Waals surface area contributed by atoms with Gasteiger partial charge in [0.05, 0.1) is 7.11 Å². The second kappa shape index (κ2) is 6.76. The molecule has 7 heteroatoms. The average molecular weight is 337 g/mol. The van der Waals surface area contributed by atoms with Crippen LogP contribution in [0.1, 0.15) is 38.2 Å². The second-order valence-electron chi connectivity index (χ2n) is 5.30. The summed E-state index contributed by atoms with van der Waals surface area (Å²) >= 11 is 3.01. The van der Waals surface area contributed by atoms with Gasteiger partial charge in [-0.05, 0) is 44.8 Å². The Labute approximate surface area is 137 Å². The van der Waals surface area contributed by atoms with Gasteiger partial charge in [-0.3, -0.25) is 10.1 Å². The van der Waals surface area contributed by atoms with Crippen molar-refractivity contribution in [3.8, 4) is 5.75 Å². The monoisotopic (exact) mass is 337 g/mol. The molecule has 0 spiro atoms. The summed E-state index contributed by atoms with van der Waals surface area (Å²) in [6.07, 6.45) is 4.16. The van der Waals surface area contributed by atoms with Gasteiger partial charge in [0.1, 0.15) is 10.6 Å². The van der Waals surface area contributed by atoms with E-state index < -0.39 is 0 Å². The van der Waals surface area contributed by atoms with Crippen molar-refractivity contribution in [2.45, 2.75) is 25.7 Å². The normalized spacial score (nSPS) is 15.7. The molecular formula is C15H19N3O2S2. The van der Waals surface area contributed by atoms with Crippen LogP contribution in [0.3, 0.4) is 0 Å². The number of carbonyl (C=O) groups is 1. The highest BCUT2D eigenvalue weighted by Gasteiger charge is 2.20. The van der Waals surface area contributed by atoms with Gasteiger partial charge in [0, 0.05) is 16.0 Å². The van der Waals surface area contributed by atoms with Crippen LogP contribution >= 0.6 is 22.7 Å². The van der Waals surface area contributed by atoms with Crippen LogP contribution in [0.2, 0.25) is 0 Å². The minimum Gasteiger partial charge on any atom is -0.495 e. The molecule has 2 N–H and O–H groups in total. The fourth-order valence-electron chi connectivity index (χ4n) is 2.59. The van der Waals surface area contributed by atoms with Gasteiger partial charge in [-0.15, -0.1) is 22.7 Å². The Bertz CT molecular complexity index is 660. The molecular weight excluding hydrogens is 318 g/mol. The summed E-state index contributed by atoms with van der Waals surface area (Å²) in [5, 5.41) is 6.91. The summed E-state index contributed by atoms with van der Waals surface area (Å²) in [5.74, 6) is 1.03. The molecule has 3 rings (SSSR count). The van der Waals surface area contributed by atoms with E-state index >= 15 is 0 Å². The highest BCUT2D eigenvalue weighted by Crippen LogP contribution is 2.33. The summed E-state index contributed by atoms with van der Waals surface area (Å²) < 4.78 is 5.25. The molecule has 0 bridgehead atoms. The Morgan fingerprint density at radius 2 is 2.18 bits per heavy atom. The van der Waals surface area contributed by atoms with E-state index in [4.69, 9.17) is 4.74 Å². The van der Waals surface area contributed by atoms with Crippen LogP contribution in [-0.2, 0) is 0 Å². The highest BCUT2D eigenvalue weighted by atomic mass is 32.1. The predicted octanol–water partition coefficient (Wildman–Crippen LogP) is 3.24. The van der Waals surface area contributed by atoms with E-state index in [1.54, 1.807) is 18.4 Å². The molecule has 1 saturated heterocycles. The van der Waals surface area contributed by atoms with Crippen LogP contribution in [0, 0.1) is 6.92 Å². The van der Waals surface area contributed by atoms with E-state index in [-0.39, 0.29) is 5.91 Å². The van der Waals surface area contributed by atoms with Crippen molar-refractivity contribution in [1.82, 2.24) is 10.3 Å². The van der Waals surface area contributed by atoms with E-state index in [0.29, 0.717) is 21.7 Å². The van der Waals surface area contributed by atoms with Crippen molar-refractivity contribution in [3.05, 3.63) is 26.9 Å². The standard InChI is InChI=1S/C15H19N3O2S2/c1-9-7-11(20-2)13(21-9)14(19)18-15-17-8-12(22-15)10-3-5-16-6-4-10/h7-8,10,16H,3-6H2,1-2H3,(H,17,18,19). The third kappa shape index (κ3) is 3.31. The van der Waals surface area contributed by atoms with Gasteiger partial charge >= 0.3 is 0 Å². The number of aryl methyl sites for hydroxylation is 1. The Morgan fingerprint density at radius 3 is 2.91 bits per heavy atom. The fraction of sp³-hybridized carbons (Fsp3) is 0.467. The Balaban J connectivity index is 1.70. The molecule has 0 atom stereocenters. The molecule has 22 heavy (non-hydrogen) atoms. The maximum Gasteiger partial charge on any atom is 0.271 e. The first-order valence-electron chi connectivity index (χ1n) is 7.29. The van der Waals surface area contributed by atoms with E-state index in [9.17, 15) is 4.79 Å². The van der Waals surface area contributed by atoms with Gasteiger partial charge in [0.2, 0.25) is 0 Å². The van der Waals surface area contributed by atoms with Crippen molar-refractivity contribution >= 4 is 33.7 Å². The molecule has 0 saturated carbocycles. The summed E-state index contributed by atoms with van der Waals surface area (Å²) in [7, 11) is 1.58. The first-order valence-corrected chi connectivity index (χ1v) is 8.93. The lowest BCUT2D eigenvalue weighted by atomic mass is 9.97. The maximum absolute atomic E-state index is 12.4. The Hall–Kier alpha value is -1.44. The first-order chi connectivity index (χ1) is 10.7. The van der Waals surface area contributed by atoms with Crippen LogP contribution in [0.15, 0.2) is 12.3 Å². The summed E-state index contributed by atoms with van der Waals surface area (Å²) in [6, 6.07) is 1.88. The molecule has 3 heterocycles. The van der Waals surface area contributed by atoms with Gasteiger partial charge in [-0.1, -0.05) is 0 Å². The quantitative estimate of drug-likeness (QED) is 0.899. The number of thiazole rings is 1. The predicted molar refractivity (Wildman–Crippen MR) is 90.5 cm³/mol. The number of aromatic nitrogens is 1. The third-order valence-electron chi connectivity index (χ3n) is 3.73. The van der Waals surface area contributed by atoms with Gasteiger partial charge < -0.3 is 10.1 Å². The molecule has 1 aliphatic heterocycles. The Kier molecular flexibility index (Phi) is 4.75. The van der Waals surface area contributed by atoms with Crippen LogP contribution in [0.5, 0.6) is 5.75 Å².